The Kier molecular flexibility index (Phi) is 2.86. The minimum Gasteiger partial charge on any atom is -0.381 e. The molecule has 1 aromatic rings. The number of carbonyl (C=O) groups excluding carboxylic acids is 1. The minimum atomic E-state index is -0.302. The number of ether oxygens (including phenoxy) is 1. The Morgan fingerprint density at radius 3 is 2.72 bits per heavy atom. The van der Waals surface area contributed by atoms with Gasteiger partial charge >= 0.3 is 0 Å². The predicted molar refractivity (Wildman–Crippen MR) is 70.8 cm³/mol. The number of hydrogen-bond donors (Lipinski definition) is 0. The SMILES string of the molecule is CCCN1C(=O)C2(CCOCC2)c2ccccc21. The molecule has 0 radical (unpaired) electrons. The average Bonchev–Trinajstić information content (AvgIpc) is 2.64. The summed E-state index contributed by atoms with van der Waals surface area (Å²) in [7, 11) is 0. The van der Waals surface area contributed by atoms with E-state index in [2.05, 4.69) is 19.1 Å². The summed E-state index contributed by atoms with van der Waals surface area (Å²) in [6.45, 7) is 4.32. The molecule has 2 aliphatic rings. The molecule has 0 unspecified atom stereocenters. The van der Waals surface area contributed by atoms with Gasteiger partial charge in [0.25, 0.3) is 0 Å². The summed E-state index contributed by atoms with van der Waals surface area (Å²) in [4.78, 5) is 14.8. The van der Waals surface area contributed by atoms with Gasteiger partial charge in [0.2, 0.25) is 5.91 Å². The van der Waals surface area contributed by atoms with Crippen LogP contribution in [0.4, 0.5) is 5.69 Å². The van der Waals surface area contributed by atoms with Crippen molar-refractivity contribution in [3.05, 3.63) is 29.8 Å². The second kappa shape index (κ2) is 4.39. The maximum Gasteiger partial charge on any atom is 0.237 e. The normalized spacial score (nSPS) is 21.4. The second-order valence-corrected chi connectivity index (χ2v) is 5.17. The lowest BCUT2D eigenvalue weighted by Gasteiger charge is -2.32. The molecule has 0 atom stereocenters. The van der Waals surface area contributed by atoms with Crippen molar-refractivity contribution in [2.75, 3.05) is 24.7 Å². The molecule has 3 heteroatoms. The number of hydrogen-bond acceptors (Lipinski definition) is 2. The Labute approximate surface area is 108 Å². The quantitative estimate of drug-likeness (QED) is 0.801. The first-order valence-electron chi connectivity index (χ1n) is 6.79. The third-order valence-electron chi connectivity index (χ3n) is 4.16. The lowest BCUT2D eigenvalue weighted by molar-refractivity contribution is -0.126. The molecule has 2 aliphatic heterocycles. The van der Waals surface area contributed by atoms with Crippen LogP contribution in [0.1, 0.15) is 31.7 Å². The lowest BCUT2D eigenvalue weighted by atomic mass is 9.75. The van der Waals surface area contributed by atoms with Crippen molar-refractivity contribution in [1.82, 2.24) is 0 Å². The van der Waals surface area contributed by atoms with Crippen LogP contribution in [-0.2, 0) is 14.9 Å². The molecule has 0 aromatic heterocycles. The van der Waals surface area contributed by atoms with Crippen LogP contribution in [0, 0.1) is 0 Å². The highest BCUT2D eigenvalue weighted by molar-refractivity contribution is 6.08. The number of para-hydroxylation sites is 1. The number of fused-ring (bicyclic) bond motifs is 2. The van der Waals surface area contributed by atoms with E-state index in [1.165, 1.54) is 5.56 Å². The summed E-state index contributed by atoms with van der Waals surface area (Å²) in [5.41, 5.74) is 2.03. The zero-order valence-electron chi connectivity index (χ0n) is 10.8. The monoisotopic (exact) mass is 245 g/mol. The Bertz CT molecular complexity index is 463. The molecular weight excluding hydrogens is 226 g/mol. The fourth-order valence-electron chi connectivity index (χ4n) is 3.25. The Balaban J connectivity index is 2.08. The number of nitrogens with zero attached hydrogens (tertiary/aromatic N) is 1. The standard InChI is InChI=1S/C15H19NO2/c1-2-9-16-13-6-4-3-5-12(13)15(14(16)17)7-10-18-11-8-15/h3-6H,2,7-11H2,1H3. The van der Waals surface area contributed by atoms with Gasteiger partial charge < -0.3 is 9.64 Å². The predicted octanol–water partition coefficient (Wildman–Crippen LogP) is 2.49. The van der Waals surface area contributed by atoms with Crippen molar-refractivity contribution in [2.45, 2.75) is 31.6 Å². The maximum atomic E-state index is 12.8. The zero-order chi connectivity index (χ0) is 12.6. The fourth-order valence-corrected chi connectivity index (χ4v) is 3.25. The smallest absolute Gasteiger partial charge is 0.237 e. The molecule has 1 aromatic carbocycles. The molecular formula is C15H19NO2. The zero-order valence-corrected chi connectivity index (χ0v) is 10.8. The molecule has 1 amide bonds. The molecule has 0 aliphatic carbocycles. The van der Waals surface area contributed by atoms with Crippen molar-refractivity contribution < 1.29 is 9.53 Å². The van der Waals surface area contributed by atoms with E-state index < -0.39 is 0 Å². The van der Waals surface area contributed by atoms with Crippen molar-refractivity contribution in [3.63, 3.8) is 0 Å². The van der Waals surface area contributed by atoms with E-state index in [0.29, 0.717) is 13.2 Å². The van der Waals surface area contributed by atoms with E-state index in [0.717, 1.165) is 31.5 Å². The van der Waals surface area contributed by atoms with Crippen LogP contribution in [0.3, 0.4) is 0 Å². The summed E-state index contributed by atoms with van der Waals surface area (Å²) in [5, 5.41) is 0. The minimum absolute atomic E-state index is 0.286. The number of carbonyl (C=O) groups is 1. The van der Waals surface area contributed by atoms with Gasteiger partial charge in [-0.05, 0) is 30.9 Å². The summed E-state index contributed by atoms with van der Waals surface area (Å²) >= 11 is 0. The van der Waals surface area contributed by atoms with Gasteiger partial charge in [0.05, 0.1) is 5.41 Å². The highest BCUT2D eigenvalue weighted by atomic mass is 16.5. The molecule has 0 N–H and O–H groups in total. The first-order valence-corrected chi connectivity index (χ1v) is 6.79. The Hall–Kier alpha value is -1.35. The third kappa shape index (κ3) is 1.50. The third-order valence-corrected chi connectivity index (χ3v) is 4.16. The van der Waals surface area contributed by atoms with Gasteiger partial charge in [0.1, 0.15) is 0 Å². The van der Waals surface area contributed by atoms with Gasteiger partial charge in [0.15, 0.2) is 0 Å². The largest absolute Gasteiger partial charge is 0.381 e. The number of rotatable bonds is 2. The summed E-state index contributed by atoms with van der Waals surface area (Å²) in [6, 6.07) is 8.26. The van der Waals surface area contributed by atoms with E-state index in [-0.39, 0.29) is 11.3 Å². The van der Waals surface area contributed by atoms with Crippen LogP contribution in [0.2, 0.25) is 0 Å². The van der Waals surface area contributed by atoms with Crippen LogP contribution >= 0.6 is 0 Å². The highest BCUT2D eigenvalue weighted by Crippen LogP contribution is 2.47. The van der Waals surface area contributed by atoms with Crippen molar-refractivity contribution in [2.24, 2.45) is 0 Å². The summed E-state index contributed by atoms with van der Waals surface area (Å²) in [5.74, 6) is 0.286. The molecule has 1 spiro atoms. The lowest BCUT2D eigenvalue weighted by Crippen LogP contribution is -2.44. The molecule has 2 heterocycles. The van der Waals surface area contributed by atoms with Gasteiger partial charge in [-0.25, -0.2) is 0 Å². The van der Waals surface area contributed by atoms with Gasteiger partial charge in [-0.3, -0.25) is 4.79 Å². The highest BCUT2D eigenvalue weighted by Gasteiger charge is 2.50. The molecule has 96 valence electrons. The first-order chi connectivity index (χ1) is 8.79. The van der Waals surface area contributed by atoms with Crippen LogP contribution in [0.15, 0.2) is 24.3 Å². The van der Waals surface area contributed by atoms with Crippen molar-refractivity contribution in [3.8, 4) is 0 Å². The van der Waals surface area contributed by atoms with Gasteiger partial charge in [0, 0.05) is 25.4 Å². The molecule has 1 saturated heterocycles. The number of benzene rings is 1. The fraction of sp³-hybridized carbons (Fsp3) is 0.533. The van der Waals surface area contributed by atoms with E-state index in [4.69, 9.17) is 4.74 Å². The molecule has 18 heavy (non-hydrogen) atoms. The number of amides is 1. The van der Waals surface area contributed by atoms with Crippen molar-refractivity contribution >= 4 is 11.6 Å². The molecule has 3 rings (SSSR count). The van der Waals surface area contributed by atoms with E-state index in [1.54, 1.807) is 0 Å². The molecule has 1 fully saturated rings. The van der Waals surface area contributed by atoms with Gasteiger partial charge in [-0.2, -0.15) is 0 Å². The molecule has 0 bridgehead atoms. The van der Waals surface area contributed by atoms with E-state index in [1.807, 2.05) is 17.0 Å². The van der Waals surface area contributed by atoms with Gasteiger partial charge in [-0.1, -0.05) is 25.1 Å². The second-order valence-electron chi connectivity index (χ2n) is 5.17. The maximum absolute atomic E-state index is 12.8. The Morgan fingerprint density at radius 1 is 1.28 bits per heavy atom. The van der Waals surface area contributed by atoms with E-state index in [9.17, 15) is 4.79 Å². The average molecular weight is 245 g/mol. The summed E-state index contributed by atoms with van der Waals surface area (Å²) in [6.07, 6.45) is 2.64. The van der Waals surface area contributed by atoms with Gasteiger partial charge in [-0.15, -0.1) is 0 Å². The first kappa shape index (κ1) is 11.7. The topological polar surface area (TPSA) is 29.5 Å². The van der Waals surface area contributed by atoms with E-state index >= 15 is 0 Å². The van der Waals surface area contributed by atoms with Crippen LogP contribution < -0.4 is 4.90 Å². The molecule has 0 saturated carbocycles. The number of anilines is 1. The Morgan fingerprint density at radius 2 is 2.00 bits per heavy atom. The van der Waals surface area contributed by atoms with Crippen molar-refractivity contribution in [1.29, 1.82) is 0 Å². The summed E-state index contributed by atoms with van der Waals surface area (Å²) < 4.78 is 5.44. The van der Waals surface area contributed by atoms with Crippen LogP contribution in [0.25, 0.3) is 0 Å². The van der Waals surface area contributed by atoms with Crippen LogP contribution in [-0.4, -0.2) is 25.7 Å². The van der Waals surface area contributed by atoms with Crippen LogP contribution in [0.5, 0.6) is 0 Å². The molecule has 3 nitrogen and oxygen atoms in total.